The van der Waals surface area contributed by atoms with Crippen LogP contribution >= 0.6 is 15.9 Å². The Morgan fingerprint density at radius 3 is 2.70 bits per heavy atom. The van der Waals surface area contributed by atoms with E-state index < -0.39 is 0 Å². The summed E-state index contributed by atoms with van der Waals surface area (Å²) in [6.45, 7) is 9.35. The van der Waals surface area contributed by atoms with E-state index in [1.54, 1.807) is 19.5 Å². The van der Waals surface area contributed by atoms with Gasteiger partial charge in [-0.15, -0.1) is 0 Å². The van der Waals surface area contributed by atoms with Crippen molar-refractivity contribution in [2.45, 2.75) is 59.9 Å². The van der Waals surface area contributed by atoms with Crippen LogP contribution in [0.1, 0.15) is 58.9 Å². The van der Waals surface area contributed by atoms with Crippen LogP contribution in [0.15, 0.2) is 56.5 Å². The van der Waals surface area contributed by atoms with Gasteiger partial charge in [0.2, 0.25) is 0 Å². The van der Waals surface area contributed by atoms with Gasteiger partial charge in [-0.1, -0.05) is 32.8 Å². The lowest BCUT2D eigenvalue weighted by molar-refractivity contribution is 0.568. The summed E-state index contributed by atoms with van der Waals surface area (Å²) in [5, 5.41) is 3.48. The SMILES string of the molecule is CCCCC(CC)C(/C=C(\C)NCc1cccnc1)=N/C(C)=C(\Br)C=NC. The van der Waals surface area contributed by atoms with E-state index in [-0.39, 0.29) is 0 Å². The summed E-state index contributed by atoms with van der Waals surface area (Å²) < 4.78 is 0.919. The molecule has 1 heterocycles. The Bertz CT molecular complexity index is 675. The maximum absolute atomic E-state index is 4.94. The molecule has 5 heteroatoms. The first-order chi connectivity index (χ1) is 13.0. The van der Waals surface area contributed by atoms with Gasteiger partial charge in [-0.2, -0.15) is 0 Å². The van der Waals surface area contributed by atoms with Gasteiger partial charge in [-0.3, -0.25) is 15.0 Å². The van der Waals surface area contributed by atoms with Gasteiger partial charge in [-0.25, -0.2) is 0 Å². The fraction of sp³-hybridized carbons (Fsp3) is 0.500. The topological polar surface area (TPSA) is 49.6 Å². The molecular weight excluding hydrogens is 400 g/mol. The molecule has 0 radical (unpaired) electrons. The van der Waals surface area contributed by atoms with Gasteiger partial charge in [0.25, 0.3) is 0 Å². The molecule has 0 saturated heterocycles. The Labute approximate surface area is 173 Å². The molecule has 27 heavy (non-hydrogen) atoms. The van der Waals surface area contributed by atoms with Gasteiger partial charge in [0.05, 0.1) is 10.2 Å². The van der Waals surface area contributed by atoms with Crippen molar-refractivity contribution >= 4 is 27.9 Å². The summed E-state index contributed by atoms with van der Waals surface area (Å²) >= 11 is 3.56. The van der Waals surface area contributed by atoms with Crippen molar-refractivity contribution < 1.29 is 0 Å². The Kier molecular flexibility index (Phi) is 11.6. The fourth-order valence-electron chi connectivity index (χ4n) is 2.72. The van der Waals surface area contributed by atoms with E-state index in [2.05, 4.69) is 64.1 Å². The van der Waals surface area contributed by atoms with Crippen LogP contribution in [0.2, 0.25) is 0 Å². The van der Waals surface area contributed by atoms with Crippen molar-refractivity contribution in [2.75, 3.05) is 7.05 Å². The number of pyridine rings is 1. The Balaban J connectivity index is 3.05. The number of aliphatic imine (C=N–C) groups is 2. The molecule has 0 spiro atoms. The third-order valence-corrected chi connectivity index (χ3v) is 5.14. The van der Waals surface area contributed by atoms with Gasteiger partial charge in [0, 0.05) is 49.5 Å². The summed E-state index contributed by atoms with van der Waals surface area (Å²) in [6.07, 6.45) is 12.3. The van der Waals surface area contributed by atoms with Crippen LogP contribution in [0.3, 0.4) is 0 Å². The highest BCUT2D eigenvalue weighted by Crippen LogP contribution is 2.20. The summed E-state index contributed by atoms with van der Waals surface area (Å²) in [5.74, 6) is 0.453. The van der Waals surface area contributed by atoms with Crippen molar-refractivity contribution in [1.29, 1.82) is 0 Å². The first-order valence-corrected chi connectivity index (χ1v) is 10.5. The molecule has 0 bridgehead atoms. The normalized spacial score (nSPS) is 15.0. The molecule has 148 valence electrons. The van der Waals surface area contributed by atoms with Crippen LogP contribution in [0.5, 0.6) is 0 Å². The van der Waals surface area contributed by atoms with E-state index in [9.17, 15) is 0 Å². The average molecular weight is 433 g/mol. The monoisotopic (exact) mass is 432 g/mol. The highest BCUT2D eigenvalue weighted by molar-refractivity contribution is 9.12. The van der Waals surface area contributed by atoms with Crippen LogP contribution in [0.25, 0.3) is 0 Å². The zero-order valence-electron chi connectivity index (χ0n) is 17.3. The first kappa shape index (κ1) is 23.3. The van der Waals surface area contributed by atoms with Crippen LogP contribution in [0, 0.1) is 5.92 Å². The lowest BCUT2D eigenvalue weighted by atomic mass is 9.93. The number of nitrogens with zero attached hydrogens (tertiary/aromatic N) is 3. The number of hydrogen-bond acceptors (Lipinski definition) is 4. The molecular formula is C22H33BrN4. The minimum atomic E-state index is 0.453. The quantitative estimate of drug-likeness (QED) is 0.431. The molecule has 4 nitrogen and oxygen atoms in total. The number of rotatable bonds is 11. The Morgan fingerprint density at radius 1 is 1.33 bits per heavy atom. The van der Waals surface area contributed by atoms with E-state index in [0.29, 0.717) is 5.92 Å². The van der Waals surface area contributed by atoms with Crippen LogP contribution in [-0.4, -0.2) is 24.0 Å². The molecule has 0 saturated carbocycles. The number of aromatic nitrogens is 1. The first-order valence-electron chi connectivity index (χ1n) is 9.69. The average Bonchev–Trinajstić information content (AvgIpc) is 2.67. The molecule has 0 amide bonds. The van der Waals surface area contributed by atoms with Gasteiger partial charge < -0.3 is 5.32 Å². The van der Waals surface area contributed by atoms with Crippen molar-refractivity contribution in [3.63, 3.8) is 0 Å². The minimum absolute atomic E-state index is 0.453. The Hall–Kier alpha value is -1.75. The zero-order valence-corrected chi connectivity index (χ0v) is 18.9. The zero-order chi connectivity index (χ0) is 20.1. The molecule has 1 rings (SSSR count). The molecule has 0 aromatic carbocycles. The molecule has 1 N–H and O–H groups in total. The largest absolute Gasteiger partial charge is 0.384 e. The van der Waals surface area contributed by atoms with Crippen molar-refractivity contribution in [1.82, 2.24) is 10.3 Å². The van der Waals surface area contributed by atoms with Gasteiger partial charge in [0.1, 0.15) is 0 Å². The standard InChI is InChI=1S/C22H33BrN4/c1-6-8-11-20(7-2)22(27-18(4)21(23)16-24-5)13-17(3)26-15-19-10-9-12-25-14-19/h9-10,12-14,16,20,26H,6-8,11,15H2,1-5H3/b17-13+,21-18-,24-16?,27-22+. The van der Waals surface area contributed by atoms with Crippen LogP contribution in [0.4, 0.5) is 0 Å². The molecule has 0 fully saturated rings. The number of allylic oxidation sites excluding steroid dienone is 4. The molecule has 1 aromatic heterocycles. The van der Waals surface area contributed by atoms with E-state index in [1.165, 1.54) is 18.4 Å². The lowest BCUT2D eigenvalue weighted by Crippen LogP contribution is -2.17. The highest BCUT2D eigenvalue weighted by Gasteiger charge is 2.13. The van der Waals surface area contributed by atoms with E-state index in [0.717, 1.165) is 41.0 Å². The predicted octanol–water partition coefficient (Wildman–Crippen LogP) is 6.06. The summed E-state index contributed by atoms with van der Waals surface area (Å²) in [6, 6.07) is 4.04. The number of hydrogen-bond donors (Lipinski definition) is 1. The van der Waals surface area contributed by atoms with Gasteiger partial charge in [0.15, 0.2) is 0 Å². The molecule has 0 aliphatic rings. The fourth-order valence-corrected chi connectivity index (χ4v) is 3.02. The smallest absolute Gasteiger partial charge is 0.0565 e. The van der Waals surface area contributed by atoms with Gasteiger partial charge in [-0.05, 0) is 60.3 Å². The third-order valence-electron chi connectivity index (χ3n) is 4.36. The van der Waals surface area contributed by atoms with Crippen LogP contribution < -0.4 is 5.32 Å². The number of halogens is 1. The second kappa shape index (κ2) is 13.4. The van der Waals surface area contributed by atoms with E-state index >= 15 is 0 Å². The van der Waals surface area contributed by atoms with E-state index in [4.69, 9.17) is 4.99 Å². The molecule has 1 atom stereocenters. The predicted molar refractivity (Wildman–Crippen MR) is 122 cm³/mol. The highest BCUT2D eigenvalue weighted by atomic mass is 79.9. The maximum Gasteiger partial charge on any atom is 0.0565 e. The molecule has 0 aliphatic carbocycles. The molecule has 1 unspecified atom stereocenters. The summed E-state index contributed by atoms with van der Waals surface area (Å²) in [7, 11) is 1.77. The minimum Gasteiger partial charge on any atom is -0.384 e. The summed E-state index contributed by atoms with van der Waals surface area (Å²) in [5.41, 5.74) is 4.35. The second-order valence-corrected chi connectivity index (χ2v) is 7.50. The number of nitrogens with one attached hydrogen (secondary N) is 1. The van der Waals surface area contributed by atoms with Crippen molar-refractivity contribution in [2.24, 2.45) is 15.9 Å². The molecule has 1 aromatic rings. The lowest BCUT2D eigenvalue weighted by Gasteiger charge is -2.17. The van der Waals surface area contributed by atoms with Crippen molar-refractivity contribution in [3.8, 4) is 0 Å². The van der Waals surface area contributed by atoms with E-state index in [1.807, 2.05) is 19.2 Å². The summed E-state index contributed by atoms with van der Waals surface area (Å²) in [4.78, 5) is 13.2. The maximum atomic E-state index is 4.94. The second-order valence-electron chi connectivity index (χ2n) is 6.65. The molecule has 0 aliphatic heterocycles. The third kappa shape index (κ3) is 9.14. The van der Waals surface area contributed by atoms with Gasteiger partial charge >= 0.3 is 0 Å². The van der Waals surface area contributed by atoms with Crippen molar-refractivity contribution in [3.05, 3.63) is 52.0 Å². The number of unbranched alkanes of at least 4 members (excludes halogenated alkanes) is 1. The Morgan fingerprint density at radius 2 is 2.11 bits per heavy atom. The van der Waals surface area contributed by atoms with Crippen LogP contribution in [-0.2, 0) is 6.54 Å².